The Hall–Kier alpha value is -0.660. The molecule has 1 unspecified atom stereocenters. The highest BCUT2D eigenvalue weighted by Crippen LogP contribution is 2.09. The molecule has 0 fully saturated rings. The molecular formula is C7H11NO. The number of rotatable bonds is 0. The van der Waals surface area contributed by atoms with Crippen molar-refractivity contribution in [3.63, 3.8) is 0 Å². The molecule has 50 valence electrons. The fourth-order valence-electron chi connectivity index (χ4n) is 0.889. The van der Waals surface area contributed by atoms with Crippen LogP contribution in [0.15, 0.2) is 4.99 Å². The van der Waals surface area contributed by atoms with E-state index in [1.807, 2.05) is 13.8 Å². The Morgan fingerprint density at radius 1 is 1.67 bits per heavy atom. The van der Waals surface area contributed by atoms with Crippen molar-refractivity contribution in [1.29, 1.82) is 0 Å². The highest BCUT2D eigenvalue weighted by atomic mass is 16.1. The van der Waals surface area contributed by atoms with Crippen molar-refractivity contribution in [3.05, 3.63) is 0 Å². The second-order valence-corrected chi connectivity index (χ2v) is 2.61. The van der Waals surface area contributed by atoms with E-state index in [4.69, 9.17) is 0 Å². The standard InChI is InChI=1S/C7H11NO/c1-5-4-8-6(2)3-7(5)9/h4-6H,3H2,1-2H3/t5?,6-/m0/s1. The Bertz CT molecular complexity index is 151. The van der Waals surface area contributed by atoms with Gasteiger partial charge in [-0.3, -0.25) is 9.79 Å². The van der Waals surface area contributed by atoms with E-state index in [0.29, 0.717) is 12.2 Å². The Morgan fingerprint density at radius 2 is 2.33 bits per heavy atom. The Morgan fingerprint density at radius 3 is 2.78 bits per heavy atom. The van der Waals surface area contributed by atoms with Crippen molar-refractivity contribution in [2.45, 2.75) is 26.3 Å². The molecule has 1 rings (SSSR count). The number of aliphatic imine (C=N–C) groups is 1. The summed E-state index contributed by atoms with van der Waals surface area (Å²) in [5.74, 6) is 0.374. The third-order valence-electron chi connectivity index (χ3n) is 1.57. The van der Waals surface area contributed by atoms with Crippen molar-refractivity contribution >= 4 is 12.0 Å². The van der Waals surface area contributed by atoms with Gasteiger partial charge in [0.2, 0.25) is 0 Å². The van der Waals surface area contributed by atoms with Gasteiger partial charge in [-0.15, -0.1) is 0 Å². The molecule has 0 saturated carbocycles. The van der Waals surface area contributed by atoms with E-state index in [1.165, 1.54) is 0 Å². The molecule has 0 saturated heterocycles. The van der Waals surface area contributed by atoms with Gasteiger partial charge in [-0.2, -0.15) is 0 Å². The number of hydrogen-bond acceptors (Lipinski definition) is 2. The molecule has 0 spiro atoms. The van der Waals surface area contributed by atoms with Crippen LogP contribution < -0.4 is 0 Å². The van der Waals surface area contributed by atoms with Gasteiger partial charge in [-0.1, -0.05) is 6.92 Å². The molecule has 0 aromatic heterocycles. The minimum Gasteiger partial charge on any atom is -0.299 e. The maximum atomic E-state index is 10.9. The third-order valence-corrected chi connectivity index (χ3v) is 1.57. The number of Topliss-reactive ketones (excluding diaryl/α,β-unsaturated/α-hetero) is 1. The molecule has 2 heteroatoms. The molecule has 0 bridgehead atoms. The summed E-state index contributed by atoms with van der Waals surface area (Å²) in [6.07, 6.45) is 2.37. The molecule has 0 radical (unpaired) electrons. The first-order valence-corrected chi connectivity index (χ1v) is 3.26. The van der Waals surface area contributed by atoms with Gasteiger partial charge in [-0.25, -0.2) is 0 Å². The molecule has 0 aromatic carbocycles. The summed E-state index contributed by atoms with van der Waals surface area (Å²) in [6, 6.07) is 0.216. The third kappa shape index (κ3) is 1.37. The first-order chi connectivity index (χ1) is 4.20. The van der Waals surface area contributed by atoms with Gasteiger partial charge in [-0.05, 0) is 6.92 Å². The van der Waals surface area contributed by atoms with Crippen LogP contribution >= 0.6 is 0 Å². The number of nitrogens with zero attached hydrogens (tertiary/aromatic N) is 1. The summed E-state index contributed by atoms with van der Waals surface area (Å²) in [6.45, 7) is 3.85. The molecule has 9 heavy (non-hydrogen) atoms. The highest BCUT2D eigenvalue weighted by molar-refractivity contribution is 5.96. The predicted molar refractivity (Wildman–Crippen MR) is 36.7 cm³/mol. The van der Waals surface area contributed by atoms with E-state index in [9.17, 15) is 4.79 Å². The lowest BCUT2D eigenvalue weighted by Crippen LogP contribution is -2.22. The molecule has 0 amide bonds. The van der Waals surface area contributed by atoms with Gasteiger partial charge in [0.25, 0.3) is 0 Å². The fraction of sp³-hybridized carbons (Fsp3) is 0.714. The maximum absolute atomic E-state index is 10.9. The molecule has 2 nitrogen and oxygen atoms in total. The lowest BCUT2D eigenvalue weighted by atomic mass is 9.99. The molecule has 2 atom stereocenters. The van der Waals surface area contributed by atoms with Crippen molar-refractivity contribution < 1.29 is 4.79 Å². The van der Waals surface area contributed by atoms with Crippen LogP contribution in [-0.4, -0.2) is 18.0 Å². The van der Waals surface area contributed by atoms with Gasteiger partial charge in [0.05, 0.1) is 6.04 Å². The summed E-state index contributed by atoms with van der Waals surface area (Å²) >= 11 is 0. The van der Waals surface area contributed by atoms with Crippen molar-refractivity contribution in [1.82, 2.24) is 0 Å². The number of carbonyl (C=O) groups excluding carboxylic acids is 1. The number of carbonyl (C=O) groups is 1. The first-order valence-electron chi connectivity index (χ1n) is 3.26. The Labute approximate surface area is 55.0 Å². The topological polar surface area (TPSA) is 29.4 Å². The predicted octanol–water partition coefficient (Wildman–Crippen LogP) is 1.05. The monoisotopic (exact) mass is 125 g/mol. The molecular weight excluding hydrogens is 114 g/mol. The second-order valence-electron chi connectivity index (χ2n) is 2.61. The zero-order valence-corrected chi connectivity index (χ0v) is 5.79. The molecule has 0 aliphatic carbocycles. The van der Waals surface area contributed by atoms with Crippen LogP contribution in [0.5, 0.6) is 0 Å². The van der Waals surface area contributed by atoms with Crippen LogP contribution in [-0.2, 0) is 4.79 Å². The Kier molecular flexibility index (Phi) is 1.65. The van der Waals surface area contributed by atoms with Crippen molar-refractivity contribution in [2.75, 3.05) is 0 Å². The summed E-state index contributed by atoms with van der Waals surface area (Å²) < 4.78 is 0. The van der Waals surface area contributed by atoms with Gasteiger partial charge in [0.15, 0.2) is 0 Å². The van der Waals surface area contributed by atoms with Crippen LogP contribution in [0, 0.1) is 5.92 Å². The van der Waals surface area contributed by atoms with E-state index in [1.54, 1.807) is 6.21 Å². The average Bonchev–Trinajstić information content (AvgIpc) is 1.80. The van der Waals surface area contributed by atoms with Gasteiger partial charge in [0, 0.05) is 18.6 Å². The van der Waals surface area contributed by atoms with Crippen LogP contribution in [0.25, 0.3) is 0 Å². The molecule has 1 aliphatic rings. The summed E-state index contributed by atoms with van der Waals surface area (Å²) in [5.41, 5.74) is 0. The normalized spacial score (nSPS) is 35.1. The summed E-state index contributed by atoms with van der Waals surface area (Å²) in [7, 11) is 0. The minimum absolute atomic E-state index is 0.0567. The minimum atomic E-state index is 0.0567. The van der Waals surface area contributed by atoms with Gasteiger partial charge in [0.1, 0.15) is 5.78 Å². The molecule has 0 N–H and O–H groups in total. The van der Waals surface area contributed by atoms with Crippen molar-refractivity contribution in [2.24, 2.45) is 10.9 Å². The van der Waals surface area contributed by atoms with Crippen LogP contribution in [0.1, 0.15) is 20.3 Å². The van der Waals surface area contributed by atoms with Crippen LogP contribution in [0.4, 0.5) is 0 Å². The lowest BCUT2D eigenvalue weighted by Gasteiger charge is -2.13. The molecule has 1 heterocycles. The Balaban J connectivity index is 2.65. The van der Waals surface area contributed by atoms with E-state index < -0.39 is 0 Å². The fourth-order valence-corrected chi connectivity index (χ4v) is 0.889. The SMILES string of the molecule is CC1C=N[C@@H](C)CC1=O. The van der Waals surface area contributed by atoms with Crippen LogP contribution in [0.2, 0.25) is 0 Å². The quantitative estimate of drug-likeness (QED) is 0.476. The zero-order chi connectivity index (χ0) is 6.85. The second kappa shape index (κ2) is 2.29. The highest BCUT2D eigenvalue weighted by Gasteiger charge is 2.17. The van der Waals surface area contributed by atoms with E-state index in [2.05, 4.69) is 4.99 Å². The summed E-state index contributed by atoms with van der Waals surface area (Å²) in [4.78, 5) is 15.0. The van der Waals surface area contributed by atoms with E-state index in [-0.39, 0.29) is 12.0 Å². The van der Waals surface area contributed by atoms with Crippen LogP contribution in [0.3, 0.4) is 0 Å². The van der Waals surface area contributed by atoms with E-state index in [0.717, 1.165) is 0 Å². The smallest absolute Gasteiger partial charge is 0.143 e. The number of hydrogen-bond donors (Lipinski definition) is 0. The first kappa shape index (κ1) is 6.46. The maximum Gasteiger partial charge on any atom is 0.143 e. The molecule has 1 aliphatic heterocycles. The van der Waals surface area contributed by atoms with Gasteiger partial charge < -0.3 is 0 Å². The summed E-state index contributed by atoms with van der Waals surface area (Å²) in [5, 5.41) is 0. The molecule has 0 aromatic rings. The van der Waals surface area contributed by atoms with Crippen molar-refractivity contribution in [3.8, 4) is 0 Å². The lowest BCUT2D eigenvalue weighted by molar-refractivity contribution is -0.121. The van der Waals surface area contributed by atoms with Gasteiger partial charge >= 0.3 is 0 Å². The largest absolute Gasteiger partial charge is 0.299 e. The van der Waals surface area contributed by atoms with E-state index >= 15 is 0 Å². The zero-order valence-electron chi connectivity index (χ0n) is 5.79. The number of ketones is 1. The average molecular weight is 125 g/mol.